The van der Waals surface area contributed by atoms with Crippen molar-refractivity contribution >= 4 is 27.4 Å². The summed E-state index contributed by atoms with van der Waals surface area (Å²) >= 11 is 1.88. The summed E-state index contributed by atoms with van der Waals surface area (Å²) in [6.07, 6.45) is 5.45. The highest BCUT2D eigenvalue weighted by atomic mass is 32.1. The van der Waals surface area contributed by atoms with Crippen LogP contribution in [0.4, 0.5) is 5.82 Å². The van der Waals surface area contributed by atoms with Crippen LogP contribution < -0.4 is 4.90 Å². The average Bonchev–Trinajstić information content (AvgIpc) is 2.78. The second kappa shape index (κ2) is 5.08. The smallest absolute Gasteiger partial charge is 0.141 e. The van der Waals surface area contributed by atoms with Gasteiger partial charge >= 0.3 is 0 Å². The van der Waals surface area contributed by atoms with Crippen molar-refractivity contribution in [1.82, 2.24) is 9.97 Å². The van der Waals surface area contributed by atoms with Gasteiger partial charge in [-0.15, -0.1) is 11.3 Å². The highest BCUT2D eigenvalue weighted by molar-refractivity contribution is 7.19. The molecule has 0 unspecified atom stereocenters. The Labute approximate surface area is 118 Å². The molecule has 2 aromatic heterocycles. The molecule has 4 heteroatoms. The number of thiophene rings is 1. The second-order valence-corrected chi connectivity index (χ2v) is 6.49. The summed E-state index contributed by atoms with van der Waals surface area (Å²) in [4.78, 5) is 14.1. The zero-order valence-corrected chi connectivity index (χ0v) is 12.8. The van der Waals surface area contributed by atoms with E-state index >= 15 is 0 Å². The van der Waals surface area contributed by atoms with Crippen LogP contribution >= 0.6 is 11.3 Å². The average molecular weight is 275 g/mol. The Balaban J connectivity index is 2.20. The Morgan fingerprint density at radius 2 is 2.11 bits per heavy atom. The first kappa shape index (κ1) is 12.9. The molecule has 0 saturated carbocycles. The topological polar surface area (TPSA) is 29.0 Å². The first-order valence-electron chi connectivity index (χ1n) is 7.24. The van der Waals surface area contributed by atoms with Crippen LogP contribution in [-0.2, 0) is 12.8 Å². The van der Waals surface area contributed by atoms with E-state index in [2.05, 4.69) is 35.6 Å². The molecular formula is C15H21N3S. The van der Waals surface area contributed by atoms with Crippen LogP contribution in [0.15, 0.2) is 6.33 Å². The van der Waals surface area contributed by atoms with Crippen molar-refractivity contribution in [2.24, 2.45) is 5.92 Å². The Kier molecular flexibility index (Phi) is 3.44. The summed E-state index contributed by atoms with van der Waals surface area (Å²) in [6.45, 7) is 8.75. The first-order chi connectivity index (χ1) is 9.24. The van der Waals surface area contributed by atoms with Crippen molar-refractivity contribution in [3.8, 4) is 0 Å². The predicted octanol–water partition coefficient (Wildman–Crippen LogP) is 3.66. The number of aryl methyl sites for hydroxylation is 1. The lowest BCUT2D eigenvalue weighted by Gasteiger charge is -2.23. The van der Waals surface area contributed by atoms with Crippen LogP contribution in [0.2, 0.25) is 0 Å². The van der Waals surface area contributed by atoms with E-state index in [9.17, 15) is 0 Å². The predicted molar refractivity (Wildman–Crippen MR) is 82.2 cm³/mol. The van der Waals surface area contributed by atoms with E-state index in [0.29, 0.717) is 0 Å². The molecule has 0 aliphatic heterocycles. The lowest BCUT2D eigenvalue weighted by molar-refractivity contribution is 0.508. The molecule has 3 rings (SSSR count). The number of fused-ring (bicyclic) bond motifs is 3. The summed E-state index contributed by atoms with van der Waals surface area (Å²) in [5, 5.41) is 1.33. The summed E-state index contributed by atoms with van der Waals surface area (Å²) in [5.41, 5.74) is 1.53. The fourth-order valence-corrected chi connectivity index (χ4v) is 4.21. The quantitative estimate of drug-likeness (QED) is 0.856. The molecular weight excluding hydrogens is 254 g/mol. The number of hydrogen-bond acceptors (Lipinski definition) is 4. The van der Waals surface area contributed by atoms with Gasteiger partial charge in [0.05, 0.1) is 5.39 Å². The van der Waals surface area contributed by atoms with Gasteiger partial charge in [-0.25, -0.2) is 9.97 Å². The van der Waals surface area contributed by atoms with Gasteiger partial charge < -0.3 is 4.90 Å². The summed E-state index contributed by atoms with van der Waals surface area (Å²) < 4.78 is 0. The van der Waals surface area contributed by atoms with Crippen molar-refractivity contribution in [3.05, 3.63) is 16.8 Å². The van der Waals surface area contributed by atoms with Crippen molar-refractivity contribution in [3.63, 3.8) is 0 Å². The van der Waals surface area contributed by atoms with Gasteiger partial charge in [-0.2, -0.15) is 0 Å². The first-order valence-corrected chi connectivity index (χ1v) is 8.06. The van der Waals surface area contributed by atoms with Gasteiger partial charge in [0.1, 0.15) is 17.0 Å². The fraction of sp³-hybridized carbons (Fsp3) is 0.600. The van der Waals surface area contributed by atoms with Gasteiger partial charge in [-0.1, -0.05) is 6.92 Å². The molecule has 0 N–H and O–H groups in total. The molecule has 2 aromatic rings. The van der Waals surface area contributed by atoms with Crippen LogP contribution in [0.3, 0.4) is 0 Å². The monoisotopic (exact) mass is 275 g/mol. The third-order valence-electron chi connectivity index (χ3n) is 4.13. The maximum atomic E-state index is 4.58. The lowest BCUT2D eigenvalue weighted by Crippen LogP contribution is -2.23. The minimum Gasteiger partial charge on any atom is -0.357 e. The maximum Gasteiger partial charge on any atom is 0.141 e. The van der Waals surface area contributed by atoms with E-state index in [4.69, 9.17) is 0 Å². The highest BCUT2D eigenvalue weighted by Gasteiger charge is 2.24. The molecule has 0 bridgehead atoms. The van der Waals surface area contributed by atoms with Crippen molar-refractivity contribution in [1.29, 1.82) is 0 Å². The normalized spacial score (nSPS) is 18.6. The zero-order valence-electron chi connectivity index (χ0n) is 11.9. The van der Waals surface area contributed by atoms with E-state index < -0.39 is 0 Å². The Hall–Kier alpha value is -1.16. The standard InChI is InChI=1S/C15H21N3S/c1-4-18(5-2)14-13-11-8-10(3)6-7-12(11)19-15(13)17-9-16-14/h9-10H,4-8H2,1-3H3/t10-/m1/s1. The van der Waals surface area contributed by atoms with E-state index in [1.807, 2.05) is 11.3 Å². The van der Waals surface area contributed by atoms with Crippen molar-refractivity contribution in [2.75, 3.05) is 18.0 Å². The summed E-state index contributed by atoms with van der Waals surface area (Å²) in [7, 11) is 0. The van der Waals surface area contributed by atoms with Gasteiger partial charge in [-0.3, -0.25) is 0 Å². The molecule has 1 aliphatic carbocycles. The van der Waals surface area contributed by atoms with Crippen LogP contribution in [0.25, 0.3) is 10.2 Å². The number of anilines is 1. The van der Waals surface area contributed by atoms with Crippen LogP contribution in [0.1, 0.15) is 37.6 Å². The fourth-order valence-electron chi connectivity index (χ4n) is 3.03. The minimum atomic E-state index is 0.787. The second-order valence-electron chi connectivity index (χ2n) is 5.40. The molecule has 1 atom stereocenters. The number of aromatic nitrogens is 2. The summed E-state index contributed by atoms with van der Waals surface area (Å²) in [5.74, 6) is 1.93. The Bertz CT molecular complexity index is 586. The molecule has 2 heterocycles. The van der Waals surface area contributed by atoms with Crippen molar-refractivity contribution < 1.29 is 0 Å². The summed E-state index contributed by atoms with van der Waals surface area (Å²) in [6, 6.07) is 0. The van der Waals surface area contributed by atoms with Gasteiger partial charge in [-0.05, 0) is 44.6 Å². The van der Waals surface area contributed by atoms with Crippen LogP contribution in [0, 0.1) is 5.92 Å². The van der Waals surface area contributed by atoms with Gasteiger partial charge in [0.15, 0.2) is 0 Å². The zero-order chi connectivity index (χ0) is 13.4. The SMILES string of the molecule is CCN(CC)c1ncnc2sc3c(c12)C[C@H](C)CC3. The molecule has 102 valence electrons. The number of nitrogens with zero attached hydrogens (tertiary/aromatic N) is 3. The van der Waals surface area contributed by atoms with Gasteiger partial charge in [0, 0.05) is 18.0 Å². The minimum absolute atomic E-state index is 0.787. The molecule has 19 heavy (non-hydrogen) atoms. The van der Waals surface area contributed by atoms with Gasteiger partial charge in [0.25, 0.3) is 0 Å². The third-order valence-corrected chi connectivity index (χ3v) is 5.33. The third kappa shape index (κ3) is 2.12. The molecule has 0 radical (unpaired) electrons. The highest BCUT2D eigenvalue weighted by Crippen LogP contribution is 2.40. The van der Waals surface area contributed by atoms with E-state index in [1.54, 1.807) is 11.2 Å². The van der Waals surface area contributed by atoms with Crippen LogP contribution in [0.5, 0.6) is 0 Å². The molecule has 0 amide bonds. The largest absolute Gasteiger partial charge is 0.357 e. The van der Waals surface area contributed by atoms with E-state index in [1.165, 1.54) is 35.0 Å². The molecule has 0 aromatic carbocycles. The lowest BCUT2D eigenvalue weighted by atomic mass is 9.88. The molecule has 1 aliphatic rings. The number of rotatable bonds is 3. The Morgan fingerprint density at radius 1 is 1.32 bits per heavy atom. The van der Waals surface area contributed by atoms with Crippen LogP contribution in [-0.4, -0.2) is 23.1 Å². The van der Waals surface area contributed by atoms with Gasteiger partial charge in [0.2, 0.25) is 0 Å². The Morgan fingerprint density at radius 3 is 2.84 bits per heavy atom. The maximum absolute atomic E-state index is 4.58. The number of hydrogen-bond donors (Lipinski definition) is 0. The molecule has 0 saturated heterocycles. The van der Waals surface area contributed by atoms with E-state index in [0.717, 1.165) is 24.8 Å². The molecule has 3 nitrogen and oxygen atoms in total. The molecule has 0 spiro atoms. The molecule has 0 fully saturated rings. The van der Waals surface area contributed by atoms with Crippen molar-refractivity contribution in [2.45, 2.75) is 40.0 Å². The van der Waals surface area contributed by atoms with E-state index in [-0.39, 0.29) is 0 Å².